The summed E-state index contributed by atoms with van der Waals surface area (Å²) in [6.07, 6.45) is 6.66. The lowest BCUT2D eigenvalue weighted by molar-refractivity contribution is -0.105. The number of ether oxygens (including phenoxy) is 1. The van der Waals surface area contributed by atoms with Crippen molar-refractivity contribution >= 4 is 34.6 Å². The molecule has 1 saturated carbocycles. The topological polar surface area (TPSA) is 146 Å². The third-order valence-electron chi connectivity index (χ3n) is 6.91. The van der Waals surface area contributed by atoms with Crippen molar-refractivity contribution in [2.75, 3.05) is 22.9 Å². The predicted octanol–water partition coefficient (Wildman–Crippen LogP) is 5.97. The van der Waals surface area contributed by atoms with Gasteiger partial charge in [-0.25, -0.2) is 19.6 Å². The van der Waals surface area contributed by atoms with Crippen LogP contribution in [0.5, 0.6) is 11.6 Å². The molecule has 3 aromatic heterocycles. The number of hydrogen-bond acceptors (Lipinski definition) is 9. The molecule has 4 N–H and O–H groups in total. The van der Waals surface area contributed by atoms with Crippen molar-refractivity contribution in [1.29, 1.82) is 0 Å². The SMILES string of the molecule is Cc1cc(Oc2ccc(NC=O)c3ccccc23)nc(NCC2CC2)n1.Cc1ncc(-n2nc(C(C)(C)C)cc2N)cn1. The smallest absolute Gasteiger partial charge is 0.226 e. The summed E-state index contributed by atoms with van der Waals surface area (Å²) in [5, 5.41) is 12.3. The summed E-state index contributed by atoms with van der Waals surface area (Å²) in [6.45, 7) is 11.0. The zero-order valence-electron chi connectivity index (χ0n) is 25.1. The standard InChI is InChI=1S/C20H20N4O2.C12H17N5/c1-13-10-19(24-20(23-13)21-11-14-6-7-14)26-18-9-8-17(22-12-25)15-4-2-3-5-16(15)18;1-8-14-6-9(7-15-8)17-11(13)5-10(16-17)12(2,3)4/h2-5,8-10,12,14H,6-7,11H2,1H3,(H,22,25)(H,21,23,24);5-7H,13H2,1-4H3. The van der Waals surface area contributed by atoms with Crippen LogP contribution in [0.1, 0.15) is 50.8 Å². The Morgan fingerprint density at radius 2 is 1.74 bits per heavy atom. The Morgan fingerprint density at radius 3 is 2.40 bits per heavy atom. The Kier molecular flexibility index (Phi) is 8.51. The summed E-state index contributed by atoms with van der Waals surface area (Å²) in [4.78, 5) is 28.0. The zero-order chi connectivity index (χ0) is 30.6. The number of rotatable bonds is 8. The van der Waals surface area contributed by atoms with Crippen molar-refractivity contribution in [2.45, 2.75) is 52.9 Å². The average Bonchev–Trinajstić information content (AvgIpc) is 3.72. The monoisotopic (exact) mass is 579 g/mol. The first kappa shape index (κ1) is 29.4. The van der Waals surface area contributed by atoms with Crippen LogP contribution in [0.2, 0.25) is 0 Å². The Labute approximate surface area is 250 Å². The predicted molar refractivity (Wildman–Crippen MR) is 169 cm³/mol. The van der Waals surface area contributed by atoms with Crippen LogP contribution in [0.25, 0.3) is 16.5 Å². The van der Waals surface area contributed by atoms with Crippen LogP contribution in [0, 0.1) is 19.8 Å². The summed E-state index contributed by atoms with van der Waals surface area (Å²) in [6, 6.07) is 15.1. The van der Waals surface area contributed by atoms with E-state index in [0.29, 0.717) is 29.8 Å². The zero-order valence-corrected chi connectivity index (χ0v) is 25.1. The van der Waals surface area contributed by atoms with Gasteiger partial charge in [0, 0.05) is 46.2 Å². The fourth-order valence-corrected chi connectivity index (χ4v) is 4.36. The lowest BCUT2D eigenvalue weighted by Gasteiger charge is -2.14. The molecule has 0 atom stereocenters. The number of fused-ring (bicyclic) bond motifs is 1. The lowest BCUT2D eigenvalue weighted by atomic mass is 9.92. The number of anilines is 3. The molecular weight excluding hydrogens is 542 g/mol. The summed E-state index contributed by atoms with van der Waals surface area (Å²) in [5.41, 5.74) is 9.25. The van der Waals surface area contributed by atoms with Crippen LogP contribution in [-0.2, 0) is 10.2 Å². The number of nitrogens with one attached hydrogen (secondary N) is 2. The van der Waals surface area contributed by atoms with E-state index in [4.69, 9.17) is 10.5 Å². The molecule has 6 rings (SSSR count). The van der Waals surface area contributed by atoms with Crippen molar-refractivity contribution < 1.29 is 9.53 Å². The van der Waals surface area contributed by atoms with E-state index in [9.17, 15) is 4.79 Å². The van der Waals surface area contributed by atoms with Gasteiger partial charge < -0.3 is 21.1 Å². The Morgan fingerprint density at radius 1 is 1.02 bits per heavy atom. The number of benzene rings is 2. The first-order chi connectivity index (χ1) is 20.6. The highest BCUT2D eigenvalue weighted by Gasteiger charge is 2.21. The average molecular weight is 580 g/mol. The van der Waals surface area contributed by atoms with Gasteiger partial charge in [-0.3, -0.25) is 4.79 Å². The highest BCUT2D eigenvalue weighted by Crippen LogP contribution is 2.34. The molecule has 1 aliphatic carbocycles. The number of aromatic nitrogens is 6. The molecule has 222 valence electrons. The van der Waals surface area contributed by atoms with Crippen LogP contribution in [0.3, 0.4) is 0 Å². The molecule has 1 fully saturated rings. The van der Waals surface area contributed by atoms with Crippen LogP contribution in [0.15, 0.2) is 60.9 Å². The second kappa shape index (κ2) is 12.4. The van der Waals surface area contributed by atoms with Crippen molar-refractivity contribution in [3.8, 4) is 17.3 Å². The van der Waals surface area contributed by atoms with Gasteiger partial charge in [-0.05, 0) is 44.7 Å². The van der Waals surface area contributed by atoms with Gasteiger partial charge in [-0.15, -0.1) is 0 Å². The molecule has 0 aliphatic heterocycles. The third-order valence-corrected chi connectivity index (χ3v) is 6.91. The van der Waals surface area contributed by atoms with E-state index in [-0.39, 0.29) is 5.41 Å². The van der Waals surface area contributed by atoms with Gasteiger partial charge in [0.1, 0.15) is 23.1 Å². The van der Waals surface area contributed by atoms with Gasteiger partial charge in [0.15, 0.2) is 0 Å². The molecule has 0 unspecified atom stereocenters. The largest absolute Gasteiger partial charge is 0.438 e. The van der Waals surface area contributed by atoms with E-state index in [0.717, 1.165) is 51.8 Å². The number of nitrogens with zero attached hydrogens (tertiary/aromatic N) is 6. The molecule has 0 saturated heterocycles. The van der Waals surface area contributed by atoms with Crippen LogP contribution < -0.4 is 21.1 Å². The number of aryl methyl sites for hydroxylation is 2. The molecule has 11 heteroatoms. The highest BCUT2D eigenvalue weighted by atomic mass is 16.5. The van der Waals surface area contributed by atoms with E-state index in [1.54, 1.807) is 17.1 Å². The van der Waals surface area contributed by atoms with Crippen molar-refractivity contribution in [1.82, 2.24) is 29.7 Å². The molecule has 3 heterocycles. The van der Waals surface area contributed by atoms with Gasteiger partial charge in [0.25, 0.3) is 0 Å². The Bertz CT molecular complexity index is 1720. The molecule has 0 spiro atoms. The summed E-state index contributed by atoms with van der Waals surface area (Å²) < 4.78 is 7.73. The molecule has 1 amide bonds. The number of hydrogen-bond donors (Lipinski definition) is 3. The molecule has 0 radical (unpaired) electrons. The van der Waals surface area contributed by atoms with E-state index in [1.165, 1.54) is 12.8 Å². The maximum absolute atomic E-state index is 10.8. The van der Waals surface area contributed by atoms with E-state index in [2.05, 4.69) is 56.4 Å². The molecular formula is C32H37N9O2. The second-order valence-electron chi connectivity index (χ2n) is 11.6. The lowest BCUT2D eigenvalue weighted by Crippen LogP contribution is -2.12. The fraction of sp³-hybridized carbons (Fsp3) is 0.312. The second-order valence-corrected chi connectivity index (χ2v) is 11.6. The van der Waals surface area contributed by atoms with Gasteiger partial charge in [0.05, 0.1) is 18.1 Å². The highest BCUT2D eigenvalue weighted by molar-refractivity contribution is 6.00. The van der Waals surface area contributed by atoms with Crippen LogP contribution in [0.4, 0.5) is 17.5 Å². The molecule has 1 aliphatic rings. The van der Waals surface area contributed by atoms with E-state index >= 15 is 0 Å². The molecule has 11 nitrogen and oxygen atoms in total. The molecule has 2 aromatic carbocycles. The minimum Gasteiger partial charge on any atom is -0.438 e. The normalized spacial score (nSPS) is 12.8. The number of amides is 1. The van der Waals surface area contributed by atoms with E-state index in [1.807, 2.05) is 62.4 Å². The third kappa shape index (κ3) is 7.42. The molecule has 0 bridgehead atoms. The summed E-state index contributed by atoms with van der Waals surface area (Å²) in [5.74, 6) is 3.85. The first-order valence-electron chi connectivity index (χ1n) is 14.2. The Hall–Kier alpha value is -5.06. The van der Waals surface area contributed by atoms with Crippen molar-refractivity contribution in [3.63, 3.8) is 0 Å². The minimum absolute atomic E-state index is 0.0229. The van der Waals surface area contributed by atoms with E-state index < -0.39 is 0 Å². The van der Waals surface area contributed by atoms with Crippen molar-refractivity contribution in [2.24, 2.45) is 5.92 Å². The summed E-state index contributed by atoms with van der Waals surface area (Å²) >= 11 is 0. The maximum Gasteiger partial charge on any atom is 0.226 e. The quantitative estimate of drug-likeness (QED) is 0.189. The molecule has 5 aromatic rings. The van der Waals surface area contributed by atoms with Crippen LogP contribution in [-0.4, -0.2) is 42.7 Å². The minimum atomic E-state index is -0.0229. The Balaban J connectivity index is 0.000000188. The van der Waals surface area contributed by atoms with Gasteiger partial charge in [0.2, 0.25) is 18.2 Å². The number of carbonyl (C=O) groups is 1. The van der Waals surface area contributed by atoms with Crippen molar-refractivity contribution in [3.05, 3.63) is 78.1 Å². The first-order valence-corrected chi connectivity index (χ1v) is 14.2. The number of nitrogens with two attached hydrogens (primary N) is 1. The van der Waals surface area contributed by atoms with Gasteiger partial charge in [-0.1, -0.05) is 45.0 Å². The van der Waals surface area contributed by atoms with Gasteiger partial charge >= 0.3 is 0 Å². The number of carbonyl (C=O) groups excluding carboxylic acids is 1. The number of nitrogen functional groups attached to an aromatic ring is 1. The maximum atomic E-state index is 10.8. The van der Waals surface area contributed by atoms with Gasteiger partial charge in [-0.2, -0.15) is 10.1 Å². The fourth-order valence-electron chi connectivity index (χ4n) is 4.36. The summed E-state index contributed by atoms with van der Waals surface area (Å²) in [7, 11) is 0. The van der Waals surface area contributed by atoms with Crippen LogP contribution >= 0.6 is 0 Å². The molecule has 43 heavy (non-hydrogen) atoms.